The van der Waals surface area contributed by atoms with E-state index in [2.05, 4.69) is 0 Å². The molecule has 0 N–H and O–H groups in total. The van der Waals surface area contributed by atoms with Gasteiger partial charge < -0.3 is 4.74 Å². The van der Waals surface area contributed by atoms with Crippen LogP contribution in [0.5, 0.6) is 0 Å². The van der Waals surface area contributed by atoms with Crippen LogP contribution < -0.4 is 0 Å². The Bertz CT molecular complexity index is 68.6. The quantitative estimate of drug-likeness (QED) is 0.513. The number of hydrogen-bond donors (Lipinski definition) is 0. The Hall–Kier alpha value is -0.0400. The molecule has 0 saturated carbocycles. The standard InChI is InChI=1S/C7H16O/c1-4-5-8-6-7(2)3/h7H,4-6H2,1-3H3/i1D,2D. The van der Waals surface area contributed by atoms with E-state index in [4.69, 9.17) is 7.48 Å². The normalized spacial score (nSPS) is 17.1. The Kier molecular flexibility index (Phi) is 3.06. The van der Waals surface area contributed by atoms with Crippen LogP contribution >= 0.6 is 0 Å². The van der Waals surface area contributed by atoms with Gasteiger partial charge in [0.15, 0.2) is 0 Å². The smallest absolute Gasteiger partial charge is 0.0488 e. The zero-order chi connectivity index (χ0) is 7.82. The molecule has 1 nitrogen and oxygen atoms in total. The van der Waals surface area contributed by atoms with E-state index in [0.29, 0.717) is 32.9 Å². The van der Waals surface area contributed by atoms with Crippen LogP contribution in [0.3, 0.4) is 0 Å². The van der Waals surface area contributed by atoms with Crippen LogP contribution in [0.15, 0.2) is 0 Å². The Labute approximate surface area is 54.9 Å². The Morgan fingerprint density at radius 2 is 2.62 bits per heavy atom. The topological polar surface area (TPSA) is 9.23 Å². The summed E-state index contributed by atoms with van der Waals surface area (Å²) in [6.07, 6.45) is 0.810. The van der Waals surface area contributed by atoms with Crippen molar-refractivity contribution in [3.8, 4) is 0 Å². The van der Waals surface area contributed by atoms with Crippen LogP contribution in [0.2, 0.25) is 0 Å². The Balaban J connectivity index is 2.89. The van der Waals surface area contributed by atoms with Crippen molar-refractivity contribution in [3.05, 3.63) is 0 Å². The first-order valence-corrected chi connectivity index (χ1v) is 2.97. The third kappa shape index (κ3) is 5.96. The molecule has 0 aromatic rings. The first-order chi connectivity index (χ1) is 4.81. The maximum Gasteiger partial charge on any atom is 0.0488 e. The van der Waals surface area contributed by atoms with Crippen molar-refractivity contribution in [2.24, 2.45) is 5.92 Å². The van der Waals surface area contributed by atoms with Crippen molar-refractivity contribution in [3.63, 3.8) is 0 Å². The Morgan fingerprint density at radius 3 is 3.25 bits per heavy atom. The van der Waals surface area contributed by atoms with E-state index in [1.165, 1.54) is 0 Å². The first kappa shape index (κ1) is 4.80. The van der Waals surface area contributed by atoms with E-state index >= 15 is 0 Å². The van der Waals surface area contributed by atoms with Gasteiger partial charge in [-0.15, -0.1) is 0 Å². The van der Waals surface area contributed by atoms with Crippen LogP contribution in [-0.4, -0.2) is 13.2 Å². The molecule has 0 rings (SSSR count). The van der Waals surface area contributed by atoms with Gasteiger partial charge in [-0.3, -0.25) is 0 Å². The predicted molar refractivity (Wildman–Crippen MR) is 35.9 cm³/mol. The van der Waals surface area contributed by atoms with Gasteiger partial charge >= 0.3 is 0 Å². The minimum Gasteiger partial charge on any atom is -0.381 e. The molecule has 0 saturated heterocycles. The maximum absolute atomic E-state index is 6.97. The number of hydrogen-bond acceptors (Lipinski definition) is 1. The first-order valence-electron chi connectivity index (χ1n) is 4.39. The maximum atomic E-state index is 6.97. The zero-order valence-corrected chi connectivity index (χ0v) is 5.52. The molecule has 0 aromatic carbocycles. The molecule has 8 heavy (non-hydrogen) atoms. The van der Waals surface area contributed by atoms with Crippen molar-refractivity contribution in [1.82, 2.24) is 0 Å². The molecule has 0 radical (unpaired) electrons. The molecule has 50 valence electrons. The van der Waals surface area contributed by atoms with E-state index in [0.717, 1.165) is 6.42 Å². The van der Waals surface area contributed by atoms with Gasteiger partial charge in [-0.2, -0.15) is 0 Å². The summed E-state index contributed by atoms with van der Waals surface area (Å²) in [5.74, 6) is 0.339. The van der Waals surface area contributed by atoms with Crippen LogP contribution in [0.1, 0.15) is 29.9 Å². The van der Waals surface area contributed by atoms with Crippen LogP contribution in [-0.2, 0) is 4.74 Å². The SMILES string of the molecule is [2H]CCCOCC(C)C[2H]. The molecule has 0 spiro atoms. The average molecular weight is 118 g/mol. The highest BCUT2D eigenvalue weighted by atomic mass is 16.5. The molecule has 1 atom stereocenters. The Morgan fingerprint density at radius 1 is 1.75 bits per heavy atom. The van der Waals surface area contributed by atoms with E-state index in [1.807, 2.05) is 6.92 Å². The van der Waals surface area contributed by atoms with Gasteiger partial charge in [0.1, 0.15) is 0 Å². The molecule has 1 heteroatoms. The average Bonchev–Trinajstić information content (AvgIpc) is 1.98. The van der Waals surface area contributed by atoms with E-state index in [9.17, 15) is 0 Å². The van der Waals surface area contributed by atoms with Crippen molar-refractivity contribution >= 4 is 0 Å². The van der Waals surface area contributed by atoms with E-state index in [-0.39, 0.29) is 0 Å². The van der Waals surface area contributed by atoms with Crippen LogP contribution in [0.4, 0.5) is 0 Å². The van der Waals surface area contributed by atoms with Gasteiger partial charge in [0.25, 0.3) is 0 Å². The highest BCUT2D eigenvalue weighted by Crippen LogP contribution is 1.92. The molecule has 0 aliphatic carbocycles. The monoisotopic (exact) mass is 118 g/mol. The summed E-state index contributed by atoms with van der Waals surface area (Å²) in [7, 11) is 0. The van der Waals surface area contributed by atoms with Crippen molar-refractivity contribution < 1.29 is 7.48 Å². The molecule has 0 heterocycles. The summed E-state index contributed by atoms with van der Waals surface area (Å²) in [6, 6.07) is 0. The summed E-state index contributed by atoms with van der Waals surface area (Å²) >= 11 is 0. The fourth-order valence-electron chi connectivity index (χ4n) is 0.387. The van der Waals surface area contributed by atoms with Crippen molar-refractivity contribution in [2.45, 2.75) is 27.1 Å². The lowest BCUT2D eigenvalue weighted by Gasteiger charge is -2.03. The number of ether oxygens (including phenoxy) is 1. The van der Waals surface area contributed by atoms with Gasteiger partial charge in [-0.25, -0.2) is 0 Å². The van der Waals surface area contributed by atoms with Crippen molar-refractivity contribution in [1.29, 1.82) is 0 Å². The van der Waals surface area contributed by atoms with Gasteiger partial charge in [-0.05, 0) is 12.3 Å². The highest BCUT2D eigenvalue weighted by molar-refractivity contribution is 4.38. The zero-order valence-electron chi connectivity index (χ0n) is 7.52. The lowest BCUT2D eigenvalue weighted by atomic mass is 10.2. The molecule has 0 fully saturated rings. The largest absolute Gasteiger partial charge is 0.381 e. The molecule has 0 bridgehead atoms. The third-order valence-corrected chi connectivity index (χ3v) is 0.691. The van der Waals surface area contributed by atoms with Gasteiger partial charge in [0.05, 0.1) is 0 Å². The fraction of sp³-hybridized carbons (Fsp3) is 1.00. The minimum absolute atomic E-state index is 0.339. The summed E-state index contributed by atoms with van der Waals surface area (Å²) in [4.78, 5) is 0. The number of rotatable bonds is 4. The van der Waals surface area contributed by atoms with Crippen LogP contribution in [0, 0.1) is 5.92 Å². The molecular weight excluding hydrogens is 100 g/mol. The molecular formula is C7H16O. The molecule has 0 aromatic heterocycles. The minimum atomic E-state index is 0.339. The van der Waals surface area contributed by atoms with E-state index < -0.39 is 0 Å². The third-order valence-electron chi connectivity index (χ3n) is 0.691. The van der Waals surface area contributed by atoms with Gasteiger partial charge in [-0.1, -0.05) is 20.7 Å². The lowest BCUT2D eigenvalue weighted by Crippen LogP contribution is -2.01. The molecule has 0 aliphatic heterocycles. The molecule has 0 aliphatic rings. The fourth-order valence-corrected chi connectivity index (χ4v) is 0.387. The molecule has 0 amide bonds. The second-order valence-electron chi connectivity index (χ2n) is 2.03. The van der Waals surface area contributed by atoms with Gasteiger partial charge in [0, 0.05) is 16.0 Å². The van der Waals surface area contributed by atoms with Crippen molar-refractivity contribution in [2.75, 3.05) is 13.2 Å². The lowest BCUT2D eigenvalue weighted by molar-refractivity contribution is 0.110. The van der Waals surface area contributed by atoms with E-state index in [1.54, 1.807) is 0 Å². The van der Waals surface area contributed by atoms with Crippen LogP contribution in [0.25, 0.3) is 0 Å². The predicted octanol–water partition coefficient (Wildman–Crippen LogP) is 2.07. The summed E-state index contributed by atoms with van der Waals surface area (Å²) in [6.45, 7) is 4.21. The highest BCUT2D eigenvalue weighted by Gasteiger charge is 1.89. The second-order valence-corrected chi connectivity index (χ2v) is 2.03. The summed E-state index contributed by atoms with van der Waals surface area (Å²) in [5, 5.41) is 0. The second kappa shape index (κ2) is 5.10. The van der Waals surface area contributed by atoms with Gasteiger partial charge in [0.2, 0.25) is 0 Å². The summed E-state index contributed by atoms with van der Waals surface area (Å²) < 4.78 is 19.0. The summed E-state index contributed by atoms with van der Waals surface area (Å²) in [5.41, 5.74) is 0. The molecule has 1 unspecified atom stereocenters.